The second-order valence-electron chi connectivity index (χ2n) is 6.43. The maximum atomic E-state index is 5.72. The van der Waals surface area contributed by atoms with Crippen molar-refractivity contribution >= 4 is 0 Å². The second kappa shape index (κ2) is 6.62. The number of hydrogen-bond donors (Lipinski definition) is 1. The zero-order chi connectivity index (χ0) is 14.7. The number of ether oxygens (including phenoxy) is 1. The van der Waals surface area contributed by atoms with Crippen molar-refractivity contribution in [1.29, 1.82) is 0 Å². The lowest BCUT2D eigenvalue weighted by molar-refractivity contribution is 0.226. The van der Waals surface area contributed by atoms with Gasteiger partial charge in [-0.3, -0.25) is 0 Å². The Morgan fingerprint density at radius 2 is 2.00 bits per heavy atom. The van der Waals surface area contributed by atoms with Crippen LogP contribution in [0.25, 0.3) is 0 Å². The van der Waals surface area contributed by atoms with Crippen LogP contribution in [0.3, 0.4) is 0 Å². The monoisotopic (exact) mass is 275 g/mol. The number of nitrogens with one attached hydrogen (secondary N) is 1. The zero-order valence-corrected chi connectivity index (χ0v) is 13.6. The zero-order valence-electron chi connectivity index (χ0n) is 13.6. The van der Waals surface area contributed by atoms with Gasteiger partial charge < -0.3 is 10.1 Å². The van der Waals surface area contributed by atoms with Crippen LogP contribution in [0, 0.1) is 25.7 Å². The van der Waals surface area contributed by atoms with Crippen molar-refractivity contribution in [2.45, 2.75) is 52.5 Å². The molecule has 1 saturated carbocycles. The van der Waals surface area contributed by atoms with Gasteiger partial charge in [0, 0.05) is 11.6 Å². The van der Waals surface area contributed by atoms with Crippen LogP contribution >= 0.6 is 0 Å². The molecule has 1 N–H and O–H groups in total. The van der Waals surface area contributed by atoms with Gasteiger partial charge in [-0.05, 0) is 56.7 Å². The fourth-order valence-electron chi connectivity index (χ4n) is 3.76. The Morgan fingerprint density at radius 1 is 1.25 bits per heavy atom. The summed E-state index contributed by atoms with van der Waals surface area (Å²) in [4.78, 5) is 0. The van der Waals surface area contributed by atoms with E-state index in [-0.39, 0.29) is 0 Å². The first kappa shape index (κ1) is 15.4. The van der Waals surface area contributed by atoms with E-state index in [4.69, 9.17) is 4.74 Å². The lowest BCUT2D eigenvalue weighted by Crippen LogP contribution is -2.29. The minimum Gasteiger partial charge on any atom is -0.496 e. The summed E-state index contributed by atoms with van der Waals surface area (Å²) >= 11 is 0. The molecule has 2 nitrogen and oxygen atoms in total. The number of rotatable bonds is 4. The highest BCUT2D eigenvalue weighted by Gasteiger charge is 2.29. The Labute approximate surface area is 123 Å². The summed E-state index contributed by atoms with van der Waals surface area (Å²) in [6.45, 7) is 6.70. The molecule has 0 bridgehead atoms. The first-order valence-corrected chi connectivity index (χ1v) is 7.89. The molecular formula is C18H29NO. The van der Waals surface area contributed by atoms with Crippen LogP contribution in [0.1, 0.15) is 55.3 Å². The third-order valence-electron chi connectivity index (χ3n) is 5.01. The van der Waals surface area contributed by atoms with E-state index in [9.17, 15) is 0 Å². The highest BCUT2D eigenvalue weighted by Crippen LogP contribution is 2.41. The quantitative estimate of drug-likeness (QED) is 0.879. The summed E-state index contributed by atoms with van der Waals surface area (Å²) in [7, 11) is 3.88. The van der Waals surface area contributed by atoms with Gasteiger partial charge in [0.25, 0.3) is 0 Å². The van der Waals surface area contributed by atoms with E-state index < -0.39 is 0 Å². The third-order valence-corrected chi connectivity index (χ3v) is 5.01. The van der Waals surface area contributed by atoms with Gasteiger partial charge in [0.1, 0.15) is 5.75 Å². The molecule has 0 heterocycles. The summed E-state index contributed by atoms with van der Waals surface area (Å²) in [5.41, 5.74) is 3.91. The fraction of sp³-hybridized carbons (Fsp3) is 0.667. The van der Waals surface area contributed by atoms with Crippen molar-refractivity contribution < 1.29 is 4.74 Å². The van der Waals surface area contributed by atoms with Crippen LogP contribution in [0.4, 0.5) is 0 Å². The van der Waals surface area contributed by atoms with E-state index in [2.05, 4.69) is 45.3 Å². The number of methoxy groups -OCH3 is 1. The van der Waals surface area contributed by atoms with Crippen LogP contribution in [0.15, 0.2) is 12.1 Å². The molecule has 2 rings (SSSR count). The average Bonchev–Trinajstić information content (AvgIpc) is 2.44. The minimum absolute atomic E-state index is 0.409. The summed E-state index contributed by atoms with van der Waals surface area (Å²) in [6.07, 6.45) is 5.39. The van der Waals surface area contributed by atoms with Crippen molar-refractivity contribution in [3.63, 3.8) is 0 Å². The van der Waals surface area contributed by atoms with Gasteiger partial charge >= 0.3 is 0 Å². The highest BCUT2D eigenvalue weighted by molar-refractivity contribution is 5.47. The molecule has 1 aromatic rings. The Hall–Kier alpha value is -1.02. The van der Waals surface area contributed by atoms with Crippen molar-refractivity contribution in [1.82, 2.24) is 5.32 Å². The van der Waals surface area contributed by atoms with E-state index in [1.54, 1.807) is 7.11 Å². The van der Waals surface area contributed by atoms with Crippen molar-refractivity contribution in [2.24, 2.45) is 11.8 Å². The summed E-state index contributed by atoms with van der Waals surface area (Å²) in [6, 6.07) is 4.89. The molecule has 0 amide bonds. The summed E-state index contributed by atoms with van der Waals surface area (Å²) < 4.78 is 5.72. The SMILES string of the molecule is CNC(c1ccc(C)c(C)c1OC)C1CCCC(C)C1. The van der Waals surface area contributed by atoms with Crippen LogP contribution in [-0.2, 0) is 0 Å². The van der Waals surface area contributed by atoms with Crippen LogP contribution in [0.2, 0.25) is 0 Å². The van der Waals surface area contributed by atoms with Crippen molar-refractivity contribution in [2.75, 3.05) is 14.2 Å². The first-order chi connectivity index (χ1) is 9.58. The standard InChI is InChI=1S/C18H29NO/c1-12-7-6-8-15(11-12)17(19-4)16-10-9-13(2)14(3)18(16)20-5/h9-10,12,15,17,19H,6-8,11H2,1-5H3. The molecule has 0 radical (unpaired) electrons. The maximum Gasteiger partial charge on any atom is 0.126 e. The molecule has 0 saturated heterocycles. The number of aryl methyl sites for hydroxylation is 1. The van der Waals surface area contributed by atoms with E-state index >= 15 is 0 Å². The predicted molar refractivity (Wildman–Crippen MR) is 85.4 cm³/mol. The normalized spacial score (nSPS) is 24.4. The third kappa shape index (κ3) is 3.01. The lowest BCUT2D eigenvalue weighted by Gasteiger charge is -2.34. The van der Waals surface area contributed by atoms with Crippen LogP contribution < -0.4 is 10.1 Å². The molecule has 20 heavy (non-hydrogen) atoms. The number of benzene rings is 1. The Bertz CT molecular complexity index is 455. The summed E-state index contributed by atoms with van der Waals surface area (Å²) in [5, 5.41) is 3.55. The van der Waals surface area contributed by atoms with Gasteiger partial charge in [-0.1, -0.05) is 31.9 Å². The van der Waals surface area contributed by atoms with Gasteiger partial charge in [-0.15, -0.1) is 0 Å². The van der Waals surface area contributed by atoms with Crippen LogP contribution in [0.5, 0.6) is 5.75 Å². The van der Waals surface area contributed by atoms with Gasteiger partial charge in [0.2, 0.25) is 0 Å². The topological polar surface area (TPSA) is 21.3 Å². The van der Waals surface area contributed by atoms with Crippen LogP contribution in [-0.4, -0.2) is 14.2 Å². The number of hydrogen-bond acceptors (Lipinski definition) is 2. The van der Waals surface area contributed by atoms with E-state index in [1.807, 2.05) is 0 Å². The second-order valence-corrected chi connectivity index (χ2v) is 6.43. The maximum absolute atomic E-state index is 5.72. The molecule has 1 aliphatic rings. The Kier molecular flexibility index (Phi) is 5.09. The molecular weight excluding hydrogens is 246 g/mol. The van der Waals surface area contributed by atoms with Crippen molar-refractivity contribution in [3.8, 4) is 5.75 Å². The molecule has 112 valence electrons. The first-order valence-electron chi connectivity index (χ1n) is 7.89. The molecule has 0 aromatic heterocycles. The Balaban J connectivity index is 2.34. The van der Waals surface area contributed by atoms with E-state index in [0.29, 0.717) is 6.04 Å². The lowest BCUT2D eigenvalue weighted by atomic mass is 9.76. The molecule has 1 aromatic carbocycles. The van der Waals surface area contributed by atoms with Gasteiger partial charge in [-0.2, -0.15) is 0 Å². The molecule has 1 fully saturated rings. The molecule has 1 aliphatic carbocycles. The summed E-state index contributed by atoms with van der Waals surface area (Å²) in [5.74, 6) is 2.64. The molecule has 3 unspecified atom stereocenters. The fourth-order valence-corrected chi connectivity index (χ4v) is 3.76. The van der Waals surface area contributed by atoms with E-state index in [0.717, 1.165) is 17.6 Å². The largest absolute Gasteiger partial charge is 0.496 e. The molecule has 0 aliphatic heterocycles. The molecule has 0 spiro atoms. The van der Waals surface area contributed by atoms with Gasteiger partial charge in [0.05, 0.1) is 7.11 Å². The van der Waals surface area contributed by atoms with Gasteiger partial charge in [-0.25, -0.2) is 0 Å². The smallest absolute Gasteiger partial charge is 0.126 e. The van der Waals surface area contributed by atoms with Gasteiger partial charge in [0.15, 0.2) is 0 Å². The minimum atomic E-state index is 0.409. The Morgan fingerprint density at radius 3 is 2.60 bits per heavy atom. The molecule has 2 heteroatoms. The molecule has 3 atom stereocenters. The average molecular weight is 275 g/mol. The van der Waals surface area contributed by atoms with E-state index in [1.165, 1.54) is 42.4 Å². The highest BCUT2D eigenvalue weighted by atomic mass is 16.5. The predicted octanol–water partition coefficient (Wildman–Crippen LogP) is 4.40. The van der Waals surface area contributed by atoms with Crippen molar-refractivity contribution in [3.05, 3.63) is 28.8 Å².